The summed E-state index contributed by atoms with van der Waals surface area (Å²) in [6, 6.07) is 15.4. The van der Waals surface area contributed by atoms with Crippen molar-refractivity contribution in [1.82, 2.24) is 10.3 Å². The van der Waals surface area contributed by atoms with Crippen molar-refractivity contribution >= 4 is 22.5 Å². The summed E-state index contributed by atoms with van der Waals surface area (Å²) in [5, 5.41) is 7.07. The van der Waals surface area contributed by atoms with Gasteiger partial charge in [0, 0.05) is 34.9 Å². The van der Waals surface area contributed by atoms with E-state index < -0.39 is 0 Å². The molecule has 0 aliphatic carbocycles. The molecule has 4 nitrogen and oxygen atoms in total. The number of anilines is 1. The van der Waals surface area contributed by atoms with Crippen LogP contribution in [-0.2, 0) is 6.54 Å². The minimum Gasteiger partial charge on any atom is -0.361 e. The van der Waals surface area contributed by atoms with Gasteiger partial charge in [0.05, 0.1) is 0 Å². The Hall–Kier alpha value is -2.59. The number of aromatic nitrogens is 1. The molecule has 0 saturated heterocycles. The van der Waals surface area contributed by atoms with Gasteiger partial charge in [-0.2, -0.15) is 0 Å². The minimum absolute atomic E-state index is 0.0975. The number of nitrogens with one attached hydrogen (secondary N) is 3. The summed E-state index contributed by atoms with van der Waals surface area (Å²) in [4.78, 5) is 15.4. The largest absolute Gasteiger partial charge is 0.361 e. The zero-order valence-electron chi connectivity index (χ0n) is 11.8. The Morgan fingerprint density at radius 2 is 2.05 bits per heavy atom. The van der Waals surface area contributed by atoms with E-state index >= 15 is 0 Å². The lowest BCUT2D eigenvalue weighted by atomic mass is 10.1. The molecule has 0 radical (unpaired) electrons. The summed E-state index contributed by atoms with van der Waals surface area (Å²) in [6.45, 7) is 0.777. The predicted octanol–water partition coefficient (Wildman–Crippen LogP) is 3.14. The van der Waals surface area contributed by atoms with Crippen molar-refractivity contribution in [2.24, 2.45) is 0 Å². The van der Waals surface area contributed by atoms with E-state index in [9.17, 15) is 4.79 Å². The van der Waals surface area contributed by atoms with E-state index in [-0.39, 0.29) is 5.91 Å². The Bertz CT molecular complexity index is 776. The average Bonchev–Trinajstić information content (AvgIpc) is 2.95. The molecular formula is C17H17N3O. The Morgan fingerprint density at radius 3 is 2.90 bits per heavy atom. The van der Waals surface area contributed by atoms with E-state index in [1.54, 1.807) is 0 Å². The summed E-state index contributed by atoms with van der Waals surface area (Å²) >= 11 is 0. The Kier molecular flexibility index (Phi) is 3.71. The molecule has 0 spiro atoms. The summed E-state index contributed by atoms with van der Waals surface area (Å²) in [5.74, 6) is -0.0975. The van der Waals surface area contributed by atoms with Crippen molar-refractivity contribution < 1.29 is 4.79 Å². The van der Waals surface area contributed by atoms with Crippen LogP contribution in [0.15, 0.2) is 54.7 Å². The van der Waals surface area contributed by atoms with E-state index in [0.29, 0.717) is 5.56 Å². The van der Waals surface area contributed by atoms with E-state index in [0.717, 1.165) is 28.7 Å². The van der Waals surface area contributed by atoms with Crippen molar-refractivity contribution in [1.29, 1.82) is 0 Å². The molecule has 106 valence electrons. The van der Waals surface area contributed by atoms with Crippen LogP contribution in [-0.4, -0.2) is 17.9 Å². The predicted molar refractivity (Wildman–Crippen MR) is 85.5 cm³/mol. The fourth-order valence-electron chi connectivity index (χ4n) is 2.36. The first-order valence-corrected chi connectivity index (χ1v) is 6.88. The molecular weight excluding hydrogens is 262 g/mol. The van der Waals surface area contributed by atoms with E-state index in [4.69, 9.17) is 0 Å². The van der Waals surface area contributed by atoms with Crippen LogP contribution >= 0.6 is 0 Å². The van der Waals surface area contributed by atoms with E-state index in [1.165, 1.54) is 0 Å². The van der Waals surface area contributed by atoms with Crippen LogP contribution in [0.5, 0.6) is 0 Å². The fraction of sp³-hybridized carbons (Fsp3) is 0.118. The summed E-state index contributed by atoms with van der Waals surface area (Å²) < 4.78 is 0. The lowest BCUT2D eigenvalue weighted by Crippen LogP contribution is -2.12. The van der Waals surface area contributed by atoms with Crippen molar-refractivity contribution in [3.8, 4) is 0 Å². The zero-order valence-corrected chi connectivity index (χ0v) is 11.8. The molecule has 0 aliphatic rings. The van der Waals surface area contributed by atoms with Crippen LogP contribution in [0.3, 0.4) is 0 Å². The fourth-order valence-corrected chi connectivity index (χ4v) is 2.36. The molecule has 4 heteroatoms. The van der Waals surface area contributed by atoms with Gasteiger partial charge in [-0.05, 0) is 49.0 Å². The molecule has 1 amide bonds. The zero-order chi connectivity index (χ0) is 14.7. The lowest BCUT2D eigenvalue weighted by Gasteiger charge is -2.07. The number of H-pyrrole nitrogens is 1. The maximum absolute atomic E-state index is 12.3. The van der Waals surface area contributed by atoms with Crippen molar-refractivity contribution in [3.63, 3.8) is 0 Å². The lowest BCUT2D eigenvalue weighted by molar-refractivity contribution is 0.102. The smallest absolute Gasteiger partial charge is 0.255 e. The molecule has 0 saturated carbocycles. The first-order valence-electron chi connectivity index (χ1n) is 6.88. The molecule has 3 N–H and O–H groups in total. The quantitative estimate of drug-likeness (QED) is 0.687. The van der Waals surface area contributed by atoms with Gasteiger partial charge in [0.1, 0.15) is 0 Å². The second kappa shape index (κ2) is 5.81. The van der Waals surface area contributed by atoms with Gasteiger partial charge in [-0.15, -0.1) is 0 Å². The SMILES string of the molecule is CNCc1cccc(NC(=O)c2ccc3[nH]ccc3c2)c1. The van der Waals surface area contributed by atoms with Crippen LogP contribution in [0.1, 0.15) is 15.9 Å². The monoisotopic (exact) mass is 279 g/mol. The first-order chi connectivity index (χ1) is 10.3. The third-order valence-electron chi connectivity index (χ3n) is 3.38. The molecule has 0 bridgehead atoms. The Balaban J connectivity index is 1.80. The standard InChI is InChI=1S/C17H17N3O/c1-18-11-12-3-2-4-15(9-12)20-17(21)14-5-6-16-13(10-14)7-8-19-16/h2-10,18-19H,11H2,1H3,(H,20,21). The van der Waals surface area contributed by atoms with E-state index in [1.807, 2.05) is 61.8 Å². The van der Waals surface area contributed by atoms with Gasteiger partial charge in [-0.25, -0.2) is 0 Å². The van der Waals surface area contributed by atoms with Gasteiger partial charge < -0.3 is 15.6 Å². The molecule has 0 fully saturated rings. The van der Waals surface area contributed by atoms with Crippen LogP contribution in [0.4, 0.5) is 5.69 Å². The third kappa shape index (κ3) is 2.95. The summed E-state index contributed by atoms with van der Waals surface area (Å²) in [7, 11) is 1.90. The molecule has 21 heavy (non-hydrogen) atoms. The van der Waals surface area contributed by atoms with Crippen LogP contribution in [0.2, 0.25) is 0 Å². The number of rotatable bonds is 4. The highest BCUT2D eigenvalue weighted by Gasteiger charge is 2.07. The van der Waals surface area contributed by atoms with Crippen LogP contribution < -0.4 is 10.6 Å². The van der Waals surface area contributed by atoms with Gasteiger partial charge in [0.15, 0.2) is 0 Å². The van der Waals surface area contributed by atoms with E-state index in [2.05, 4.69) is 15.6 Å². The minimum atomic E-state index is -0.0975. The molecule has 0 aliphatic heterocycles. The van der Waals surface area contributed by atoms with Gasteiger partial charge in [0.2, 0.25) is 0 Å². The highest BCUT2D eigenvalue weighted by atomic mass is 16.1. The number of carbonyl (C=O) groups is 1. The second-order valence-electron chi connectivity index (χ2n) is 4.96. The van der Waals surface area contributed by atoms with Gasteiger partial charge in [-0.1, -0.05) is 12.1 Å². The average molecular weight is 279 g/mol. The number of aromatic amines is 1. The number of benzene rings is 2. The molecule has 1 aromatic heterocycles. The van der Waals surface area contributed by atoms with Crippen molar-refractivity contribution in [2.45, 2.75) is 6.54 Å². The highest BCUT2D eigenvalue weighted by Crippen LogP contribution is 2.16. The maximum Gasteiger partial charge on any atom is 0.255 e. The van der Waals surface area contributed by atoms with Crippen LogP contribution in [0, 0.1) is 0 Å². The molecule has 3 rings (SSSR count). The number of amides is 1. The summed E-state index contributed by atoms with van der Waals surface area (Å²) in [5.41, 5.74) is 3.63. The molecule has 1 heterocycles. The summed E-state index contributed by atoms with van der Waals surface area (Å²) in [6.07, 6.45) is 1.87. The van der Waals surface area contributed by atoms with Crippen molar-refractivity contribution in [2.75, 3.05) is 12.4 Å². The molecule has 0 atom stereocenters. The first kappa shape index (κ1) is 13.4. The number of hydrogen-bond donors (Lipinski definition) is 3. The third-order valence-corrected chi connectivity index (χ3v) is 3.38. The maximum atomic E-state index is 12.3. The Labute approximate surface area is 123 Å². The Morgan fingerprint density at radius 1 is 1.14 bits per heavy atom. The van der Waals surface area contributed by atoms with Crippen LogP contribution in [0.25, 0.3) is 10.9 Å². The molecule has 0 unspecified atom stereocenters. The van der Waals surface area contributed by atoms with Gasteiger partial charge in [-0.3, -0.25) is 4.79 Å². The van der Waals surface area contributed by atoms with Crippen molar-refractivity contribution in [3.05, 3.63) is 65.9 Å². The number of fused-ring (bicyclic) bond motifs is 1. The van der Waals surface area contributed by atoms with Gasteiger partial charge >= 0.3 is 0 Å². The van der Waals surface area contributed by atoms with Gasteiger partial charge in [0.25, 0.3) is 5.91 Å². The number of carbonyl (C=O) groups excluding carboxylic acids is 1. The second-order valence-corrected chi connectivity index (χ2v) is 4.96. The normalized spacial score (nSPS) is 10.7. The number of hydrogen-bond acceptors (Lipinski definition) is 2. The molecule has 2 aromatic carbocycles. The molecule has 3 aromatic rings. The highest BCUT2D eigenvalue weighted by molar-refractivity contribution is 6.06. The topological polar surface area (TPSA) is 56.9 Å².